The topological polar surface area (TPSA) is 244 Å². The van der Waals surface area contributed by atoms with Crippen molar-refractivity contribution in [2.45, 2.75) is 123 Å². The highest BCUT2D eigenvalue weighted by Gasteiger charge is 2.35. The van der Waals surface area contributed by atoms with Gasteiger partial charge in [-0.1, -0.05) is 7.43 Å². The lowest BCUT2D eigenvalue weighted by atomic mass is 9.82. The predicted octanol–water partition coefficient (Wildman–Crippen LogP) is 1.98. The van der Waals surface area contributed by atoms with Gasteiger partial charge in [-0.2, -0.15) is 0 Å². The van der Waals surface area contributed by atoms with Crippen LogP contribution in [0.25, 0.3) is 0 Å². The van der Waals surface area contributed by atoms with Crippen molar-refractivity contribution in [2.75, 3.05) is 28.2 Å². The lowest BCUT2D eigenvalue weighted by molar-refractivity contribution is -0.159. The van der Waals surface area contributed by atoms with Crippen LogP contribution in [0.3, 0.4) is 0 Å². The van der Waals surface area contributed by atoms with E-state index in [0.717, 1.165) is 25.7 Å². The van der Waals surface area contributed by atoms with E-state index in [0.29, 0.717) is 12.8 Å². The Kier molecular flexibility index (Phi) is 19.2. The largest absolute Gasteiger partial charge is 0.473 e. The van der Waals surface area contributed by atoms with E-state index in [1.54, 1.807) is 38.0 Å². The molecule has 6 atom stereocenters. The summed E-state index contributed by atoms with van der Waals surface area (Å²) in [5.41, 5.74) is 11.0. The summed E-state index contributed by atoms with van der Waals surface area (Å²) in [6.07, 6.45) is 3.17. The summed E-state index contributed by atoms with van der Waals surface area (Å²) < 4.78 is 10.5. The molecule has 2 aliphatic rings. The molecule has 47 heavy (non-hydrogen) atoms. The third-order valence-corrected chi connectivity index (χ3v) is 6.97. The molecule has 0 aromatic carbocycles. The van der Waals surface area contributed by atoms with Crippen LogP contribution in [0.1, 0.15) is 87.5 Å². The second kappa shape index (κ2) is 19.9. The Balaban J connectivity index is 0. The number of alkyl carbamates (subject to hydrolysis) is 2. The van der Waals surface area contributed by atoms with Crippen molar-refractivity contribution in [3.05, 3.63) is 0 Å². The van der Waals surface area contributed by atoms with Crippen LogP contribution in [0.2, 0.25) is 0 Å². The number of carbonyl (C=O) groups is 6. The fourth-order valence-corrected chi connectivity index (χ4v) is 4.82. The molecule has 0 aromatic rings. The fourth-order valence-electron chi connectivity index (χ4n) is 4.82. The van der Waals surface area contributed by atoms with Crippen molar-refractivity contribution in [1.82, 2.24) is 20.4 Å². The molecule has 2 saturated carbocycles. The lowest BCUT2D eigenvalue weighted by Crippen LogP contribution is -2.53. The van der Waals surface area contributed by atoms with Gasteiger partial charge in [-0.25, -0.2) is 19.2 Å². The van der Waals surface area contributed by atoms with E-state index >= 15 is 0 Å². The van der Waals surface area contributed by atoms with Gasteiger partial charge in [0.05, 0.1) is 0 Å². The van der Waals surface area contributed by atoms with E-state index in [2.05, 4.69) is 10.6 Å². The number of rotatable bonds is 4. The summed E-state index contributed by atoms with van der Waals surface area (Å²) in [5.74, 6) is -3.62. The number of nitrogens with two attached hydrogens (primary N) is 2. The molecule has 0 aliphatic heterocycles. The van der Waals surface area contributed by atoms with E-state index in [9.17, 15) is 19.2 Å². The molecule has 4 amide bonds. The number of aliphatic carboxylic acids is 2. The van der Waals surface area contributed by atoms with Crippen molar-refractivity contribution in [1.29, 1.82) is 0 Å². The predicted molar refractivity (Wildman–Crippen MR) is 176 cm³/mol. The Morgan fingerprint density at radius 2 is 0.894 bits per heavy atom. The lowest BCUT2D eigenvalue weighted by Gasteiger charge is -2.35. The summed E-state index contributed by atoms with van der Waals surface area (Å²) in [4.78, 5) is 69.0. The molecule has 0 saturated heterocycles. The second-order valence-electron chi connectivity index (χ2n) is 13.9. The van der Waals surface area contributed by atoms with Crippen molar-refractivity contribution in [3.8, 4) is 0 Å². The minimum atomic E-state index is -1.82. The quantitative estimate of drug-likeness (QED) is 0.234. The fraction of sp³-hybridized carbons (Fsp3) is 0.806. The molecule has 2 aliphatic carbocycles. The number of nitrogens with zero attached hydrogens (tertiary/aromatic N) is 2. The van der Waals surface area contributed by atoms with Gasteiger partial charge in [0.1, 0.15) is 11.2 Å². The molecule has 16 nitrogen and oxygen atoms in total. The number of carboxylic acids is 2. The first-order chi connectivity index (χ1) is 20.8. The first-order valence-electron chi connectivity index (χ1n) is 15.2. The van der Waals surface area contributed by atoms with Gasteiger partial charge in [-0.15, -0.1) is 0 Å². The molecule has 16 heteroatoms. The maximum atomic E-state index is 12.0. The van der Waals surface area contributed by atoms with Crippen LogP contribution in [-0.4, -0.2) is 120 Å². The van der Waals surface area contributed by atoms with E-state index in [4.69, 9.17) is 40.7 Å². The maximum absolute atomic E-state index is 12.0. The van der Waals surface area contributed by atoms with Gasteiger partial charge >= 0.3 is 24.1 Å². The zero-order chi connectivity index (χ0) is 36.2. The summed E-state index contributed by atoms with van der Waals surface area (Å²) >= 11 is 0. The van der Waals surface area contributed by atoms with E-state index < -0.39 is 35.3 Å². The second-order valence-corrected chi connectivity index (χ2v) is 13.9. The van der Waals surface area contributed by atoms with E-state index in [1.807, 2.05) is 41.5 Å². The number of carbonyl (C=O) groups excluding carboxylic acids is 4. The highest BCUT2D eigenvalue weighted by atomic mass is 16.6. The highest BCUT2D eigenvalue weighted by molar-refractivity contribution is 6.27. The number of nitrogens with one attached hydrogen (secondary N) is 2. The van der Waals surface area contributed by atoms with Crippen LogP contribution in [0.4, 0.5) is 9.59 Å². The summed E-state index contributed by atoms with van der Waals surface area (Å²) in [6, 6.07) is -0.692. The molecule has 0 spiro atoms. The van der Waals surface area contributed by atoms with Crippen LogP contribution in [-0.2, 0) is 28.7 Å². The third-order valence-electron chi connectivity index (χ3n) is 6.97. The summed E-state index contributed by atoms with van der Waals surface area (Å²) in [7, 11) is 6.97. The average Bonchev–Trinajstić information content (AvgIpc) is 2.88. The van der Waals surface area contributed by atoms with Crippen LogP contribution in [0, 0.1) is 11.8 Å². The average molecular weight is 677 g/mol. The van der Waals surface area contributed by atoms with Crippen molar-refractivity contribution in [3.63, 3.8) is 0 Å². The smallest absolute Gasteiger partial charge is 0.414 e. The molecule has 0 heterocycles. The molecule has 274 valence electrons. The first-order valence-corrected chi connectivity index (χ1v) is 15.2. The van der Waals surface area contributed by atoms with Gasteiger partial charge in [-0.3, -0.25) is 9.59 Å². The minimum Gasteiger partial charge on any atom is -0.473 e. The van der Waals surface area contributed by atoms with Crippen LogP contribution < -0.4 is 22.1 Å². The number of hydrogen-bond acceptors (Lipinski definition) is 10. The van der Waals surface area contributed by atoms with Crippen LogP contribution in [0.15, 0.2) is 0 Å². The SMILES string of the molecule is C.CN(C)C(=O)[C@H]1CC[C@H](N)[C@H](NC(=O)OC(C)(C)C)C1.CN(C)C(=O)[C@H]1CC[C@H](N)[C@H](NC(=O)OC(C)(C)C)C1.O=C(O)C(=O)O. The Morgan fingerprint density at radius 1 is 0.617 bits per heavy atom. The molecule has 0 radical (unpaired) electrons. The van der Waals surface area contributed by atoms with Gasteiger partial charge in [-0.05, 0) is 80.1 Å². The highest BCUT2D eigenvalue weighted by Crippen LogP contribution is 2.26. The van der Waals surface area contributed by atoms with Gasteiger partial charge in [0.15, 0.2) is 0 Å². The third kappa shape index (κ3) is 18.9. The number of ether oxygens (including phenoxy) is 2. The number of hydrogen-bond donors (Lipinski definition) is 6. The Labute approximate surface area is 279 Å². The molecule has 8 N–H and O–H groups in total. The zero-order valence-electron chi connectivity index (χ0n) is 28.9. The molecular formula is C31H60N6O10. The molecule has 0 aromatic heterocycles. The van der Waals surface area contributed by atoms with Crippen molar-refractivity contribution < 1.29 is 48.5 Å². The number of carboxylic acid groups (broad SMARTS) is 2. The van der Waals surface area contributed by atoms with Gasteiger partial charge in [0, 0.05) is 64.2 Å². The molecule has 0 unspecified atom stereocenters. The molecule has 0 bridgehead atoms. The van der Waals surface area contributed by atoms with Gasteiger partial charge in [0.2, 0.25) is 11.8 Å². The Hall–Kier alpha value is -3.66. The summed E-state index contributed by atoms with van der Waals surface area (Å²) in [5, 5.41) is 20.4. The zero-order valence-corrected chi connectivity index (χ0v) is 28.9. The van der Waals surface area contributed by atoms with Crippen LogP contribution in [0.5, 0.6) is 0 Å². The van der Waals surface area contributed by atoms with Crippen LogP contribution >= 0.6 is 0 Å². The maximum Gasteiger partial charge on any atom is 0.414 e. The minimum absolute atomic E-state index is 0. The van der Waals surface area contributed by atoms with E-state index in [-0.39, 0.29) is 55.2 Å². The van der Waals surface area contributed by atoms with E-state index in [1.165, 1.54) is 0 Å². The number of amides is 4. The molecular weight excluding hydrogens is 616 g/mol. The monoisotopic (exact) mass is 676 g/mol. The van der Waals surface area contributed by atoms with Crippen molar-refractivity contribution in [2.24, 2.45) is 23.3 Å². The Morgan fingerprint density at radius 3 is 1.11 bits per heavy atom. The Bertz CT molecular complexity index is 972. The van der Waals surface area contributed by atoms with Crippen molar-refractivity contribution >= 4 is 35.9 Å². The molecule has 2 fully saturated rings. The van der Waals surface area contributed by atoms with Gasteiger partial charge in [0.25, 0.3) is 0 Å². The normalized spacial score (nSPS) is 23.7. The first kappa shape index (κ1) is 45.5. The summed E-state index contributed by atoms with van der Waals surface area (Å²) in [6.45, 7) is 10.9. The van der Waals surface area contributed by atoms with Gasteiger partial charge < -0.3 is 51.6 Å². The molecule has 2 rings (SSSR count). The standard InChI is InChI=1S/2C14H27N3O3.C2H2O4.CH4/c2*1-14(2,3)20-13(19)16-11-8-9(6-7-10(11)15)12(18)17(4)5;3-1(4)2(5)6;/h2*9-11H,6-8,15H2,1-5H3,(H,16,19);(H,3,4)(H,5,6);1H4/t2*9-,10-,11+;;/m00../s1.